The van der Waals surface area contributed by atoms with E-state index in [1.165, 1.54) is 6.33 Å². The molecule has 4 rings (SSSR count). The molecule has 1 aliphatic rings. The van der Waals surface area contributed by atoms with Gasteiger partial charge in [-0.05, 0) is 63.1 Å². The smallest absolute Gasteiger partial charge is 0.151 e. The minimum Gasteiger partial charge on any atom is -0.507 e. The number of hydrogen-bond donors (Lipinski definition) is 1. The summed E-state index contributed by atoms with van der Waals surface area (Å²) in [5, 5.41) is 19.5. The highest BCUT2D eigenvalue weighted by Gasteiger charge is 2.41. The molecule has 1 N–H and O–H groups in total. The van der Waals surface area contributed by atoms with Gasteiger partial charge in [0.25, 0.3) is 0 Å². The Hall–Kier alpha value is -3.06. The van der Waals surface area contributed by atoms with Crippen LogP contribution in [0.15, 0.2) is 49.1 Å². The van der Waals surface area contributed by atoms with Gasteiger partial charge in [0.05, 0.1) is 5.69 Å². The first kappa shape index (κ1) is 21.2. The maximum absolute atomic E-state index is 10.6. The molecule has 3 heterocycles. The standard InChI is InChI=1S/C24H30N6O/c1-16-21(10-11-29(4)24(16,2)3)30(5)23-9-8-20(27-28-23)19-7-6-17(12-22(19)31)18-13-25-15-26-14-18/h6-9,12-16,21,31H,10-11H2,1-5H3. The fourth-order valence-corrected chi connectivity index (χ4v) is 4.41. The van der Waals surface area contributed by atoms with Crippen LogP contribution in [0.1, 0.15) is 27.2 Å². The lowest BCUT2D eigenvalue weighted by Crippen LogP contribution is -2.59. The lowest BCUT2D eigenvalue weighted by atomic mass is 9.77. The number of likely N-dealkylation sites (tertiary alicyclic amines) is 1. The quantitative estimate of drug-likeness (QED) is 0.689. The van der Waals surface area contributed by atoms with Crippen LogP contribution in [0.5, 0.6) is 5.75 Å². The number of nitrogens with zero attached hydrogens (tertiary/aromatic N) is 6. The highest BCUT2D eigenvalue weighted by atomic mass is 16.3. The summed E-state index contributed by atoms with van der Waals surface area (Å²) >= 11 is 0. The Morgan fingerprint density at radius 3 is 2.45 bits per heavy atom. The number of anilines is 1. The predicted molar refractivity (Wildman–Crippen MR) is 123 cm³/mol. The number of rotatable bonds is 4. The maximum atomic E-state index is 10.6. The molecule has 0 radical (unpaired) electrons. The van der Waals surface area contributed by atoms with Gasteiger partial charge in [0, 0.05) is 48.7 Å². The van der Waals surface area contributed by atoms with Crippen molar-refractivity contribution in [2.24, 2.45) is 5.92 Å². The lowest BCUT2D eigenvalue weighted by Gasteiger charge is -2.51. The van der Waals surface area contributed by atoms with E-state index in [2.05, 4.69) is 64.8 Å². The monoisotopic (exact) mass is 418 g/mol. The zero-order valence-electron chi connectivity index (χ0n) is 18.8. The summed E-state index contributed by atoms with van der Waals surface area (Å²) in [6.07, 6.45) is 6.01. The molecule has 0 saturated carbocycles. The Bertz CT molecular complexity index is 1040. The Kier molecular flexibility index (Phi) is 5.62. The summed E-state index contributed by atoms with van der Waals surface area (Å²) in [6.45, 7) is 7.99. The third-order valence-electron chi connectivity index (χ3n) is 7.11. The number of phenols is 1. The summed E-state index contributed by atoms with van der Waals surface area (Å²) in [5.41, 5.74) is 3.12. The van der Waals surface area contributed by atoms with Crippen molar-refractivity contribution in [3.63, 3.8) is 0 Å². The summed E-state index contributed by atoms with van der Waals surface area (Å²) in [6, 6.07) is 9.79. The summed E-state index contributed by atoms with van der Waals surface area (Å²) < 4.78 is 0. The molecule has 2 aromatic heterocycles. The molecule has 1 saturated heterocycles. The Morgan fingerprint density at radius 2 is 1.81 bits per heavy atom. The van der Waals surface area contributed by atoms with Crippen molar-refractivity contribution in [2.45, 2.75) is 38.8 Å². The zero-order chi connectivity index (χ0) is 22.2. The Morgan fingerprint density at radius 1 is 1.06 bits per heavy atom. The third-order valence-corrected chi connectivity index (χ3v) is 7.11. The first-order valence-electron chi connectivity index (χ1n) is 10.7. The van der Waals surface area contributed by atoms with Crippen LogP contribution in [0, 0.1) is 5.92 Å². The van der Waals surface area contributed by atoms with Crippen molar-refractivity contribution in [3.05, 3.63) is 49.1 Å². The highest BCUT2D eigenvalue weighted by Crippen LogP contribution is 2.36. The van der Waals surface area contributed by atoms with Gasteiger partial charge in [0.1, 0.15) is 12.1 Å². The molecule has 1 aromatic carbocycles. The van der Waals surface area contributed by atoms with Crippen molar-refractivity contribution >= 4 is 5.82 Å². The number of aromatic hydroxyl groups is 1. The Balaban J connectivity index is 1.55. The molecule has 0 aliphatic carbocycles. The molecule has 2 atom stereocenters. The SMILES string of the molecule is CC1C(N(C)c2ccc(-c3ccc(-c4cncnc4)cc3O)nn2)CCN(C)C1(C)C. The minimum absolute atomic E-state index is 0.127. The van der Waals surface area contributed by atoms with Crippen LogP contribution < -0.4 is 4.90 Å². The van der Waals surface area contributed by atoms with Gasteiger partial charge in [-0.2, -0.15) is 0 Å². The summed E-state index contributed by atoms with van der Waals surface area (Å²) in [7, 11) is 4.30. The number of phenolic OH excluding ortho intramolecular Hbond substituents is 1. The fourth-order valence-electron chi connectivity index (χ4n) is 4.41. The van der Waals surface area contributed by atoms with Crippen molar-refractivity contribution in [2.75, 3.05) is 25.5 Å². The maximum Gasteiger partial charge on any atom is 0.151 e. The van der Waals surface area contributed by atoms with Crippen LogP contribution in [0.25, 0.3) is 22.4 Å². The Labute approximate surface area is 183 Å². The van der Waals surface area contributed by atoms with E-state index in [9.17, 15) is 5.11 Å². The fraction of sp³-hybridized carbons (Fsp3) is 0.417. The summed E-state index contributed by atoms with van der Waals surface area (Å²) in [4.78, 5) is 12.7. The minimum atomic E-state index is 0.127. The zero-order valence-corrected chi connectivity index (χ0v) is 18.8. The van der Waals surface area contributed by atoms with E-state index in [0.29, 0.717) is 23.2 Å². The van der Waals surface area contributed by atoms with Crippen LogP contribution in [-0.2, 0) is 0 Å². The third kappa shape index (κ3) is 3.97. The largest absolute Gasteiger partial charge is 0.507 e. The molecule has 7 nitrogen and oxygen atoms in total. The molecule has 1 fully saturated rings. The molecule has 162 valence electrons. The first-order valence-corrected chi connectivity index (χ1v) is 10.7. The molecule has 0 amide bonds. The lowest BCUT2D eigenvalue weighted by molar-refractivity contribution is 0.0391. The van der Waals surface area contributed by atoms with E-state index in [1.807, 2.05) is 24.3 Å². The second kappa shape index (κ2) is 8.23. The second-order valence-corrected chi connectivity index (χ2v) is 8.97. The van der Waals surface area contributed by atoms with Gasteiger partial charge in [0.2, 0.25) is 0 Å². The molecule has 2 unspecified atom stereocenters. The van der Waals surface area contributed by atoms with Crippen LogP contribution in [0.2, 0.25) is 0 Å². The average molecular weight is 419 g/mol. The van der Waals surface area contributed by atoms with Gasteiger partial charge in [-0.3, -0.25) is 0 Å². The average Bonchev–Trinajstić information content (AvgIpc) is 2.78. The molecule has 7 heteroatoms. The molecular formula is C24H30N6O. The van der Waals surface area contributed by atoms with Gasteiger partial charge in [0.15, 0.2) is 5.82 Å². The second-order valence-electron chi connectivity index (χ2n) is 8.97. The predicted octanol–water partition coefficient (Wildman–Crippen LogP) is 3.86. The van der Waals surface area contributed by atoms with Crippen LogP contribution >= 0.6 is 0 Å². The van der Waals surface area contributed by atoms with E-state index in [4.69, 9.17) is 0 Å². The van der Waals surface area contributed by atoms with Crippen LogP contribution in [0.3, 0.4) is 0 Å². The van der Waals surface area contributed by atoms with Crippen molar-refractivity contribution in [3.8, 4) is 28.1 Å². The molecule has 3 aromatic rings. The number of hydrogen-bond acceptors (Lipinski definition) is 7. The van der Waals surface area contributed by atoms with E-state index < -0.39 is 0 Å². The highest BCUT2D eigenvalue weighted by molar-refractivity contribution is 5.73. The van der Waals surface area contributed by atoms with Crippen LogP contribution in [0.4, 0.5) is 5.82 Å². The normalized spacial score (nSPS) is 21.1. The van der Waals surface area contributed by atoms with Gasteiger partial charge in [-0.25, -0.2) is 9.97 Å². The molecule has 0 bridgehead atoms. The van der Waals surface area contributed by atoms with Gasteiger partial charge in [-0.1, -0.05) is 13.0 Å². The molecule has 1 aliphatic heterocycles. The molecule has 31 heavy (non-hydrogen) atoms. The van der Waals surface area contributed by atoms with Crippen LogP contribution in [-0.4, -0.2) is 62.4 Å². The van der Waals surface area contributed by atoms with E-state index in [0.717, 1.165) is 29.9 Å². The van der Waals surface area contributed by atoms with Crippen molar-refractivity contribution in [1.82, 2.24) is 25.1 Å². The van der Waals surface area contributed by atoms with E-state index >= 15 is 0 Å². The van der Waals surface area contributed by atoms with Crippen molar-refractivity contribution < 1.29 is 5.11 Å². The number of piperidine rings is 1. The molecule has 0 spiro atoms. The first-order chi connectivity index (χ1) is 14.8. The number of benzene rings is 1. The van der Waals surface area contributed by atoms with Gasteiger partial charge >= 0.3 is 0 Å². The van der Waals surface area contributed by atoms with E-state index in [-0.39, 0.29) is 11.3 Å². The summed E-state index contributed by atoms with van der Waals surface area (Å²) in [5.74, 6) is 1.48. The van der Waals surface area contributed by atoms with E-state index in [1.54, 1.807) is 18.5 Å². The van der Waals surface area contributed by atoms with Crippen molar-refractivity contribution in [1.29, 1.82) is 0 Å². The topological polar surface area (TPSA) is 78.3 Å². The number of aromatic nitrogens is 4. The van der Waals surface area contributed by atoms with Gasteiger partial charge < -0.3 is 14.9 Å². The molecular weight excluding hydrogens is 388 g/mol. The van der Waals surface area contributed by atoms with Gasteiger partial charge in [-0.15, -0.1) is 10.2 Å².